The van der Waals surface area contributed by atoms with Gasteiger partial charge in [-0.2, -0.15) is 4.98 Å². The van der Waals surface area contributed by atoms with Crippen molar-refractivity contribution in [3.63, 3.8) is 0 Å². The first-order chi connectivity index (χ1) is 13.8. The lowest BCUT2D eigenvalue weighted by molar-refractivity contribution is 0.235. The molecule has 2 aromatic carbocycles. The highest BCUT2D eigenvalue weighted by atomic mass is 16.5. The van der Waals surface area contributed by atoms with Crippen molar-refractivity contribution in [2.75, 3.05) is 13.1 Å². The number of carbonyl (C=O) groups excluding carboxylic acids is 1. The SMILES string of the molecule is O=C(NCc1ccccc1)N[C@@H]1CCN(Cc2noc(-c3ccccc3)n2)C1. The molecule has 1 fully saturated rings. The fourth-order valence-corrected chi connectivity index (χ4v) is 3.32. The van der Waals surface area contributed by atoms with Gasteiger partial charge in [0.1, 0.15) is 0 Å². The van der Waals surface area contributed by atoms with Crippen molar-refractivity contribution in [2.45, 2.75) is 25.6 Å². The average Bonchev–Trinajstić information content (AvgIpc) is 3.38. The zero-order valence-electron chi connectivity index (χ0n) is 15.5. The highest BCUT2D eigenvalue weighted by Gasteiger charge is 2.25. The molecule has 7 nitrogen and oxygen atoms in total. The van der Waals surface area contributed by atoms with E-state index in [1.165, 1.54) is 0 Å². The third-order valence-electron chi connectivity index (χ3n) is 4.76. The molecule has 0 radical (unpaired) electrons. The van der Waals surface area contributed by atoms with Crippen LogP contribution in [0.3, 0.4) is 0 Å². The van der Waals surface area contributed by atoms with Crippen LogP contribution in [-0.2, 0) is 13.1 Å². The van der Waals surface area contributed by atoms with E-state index < -0.39 is 0 Å². The summed E-state index contributed by atoms with van der Waals surface area (Å²) < 4.78 is 5.36. The van der Waals surface area contributed by atoms with Crippen molar-refractivity contribution in [3.8, 4) is 11.5 Å². The van der Waals surface area contributed by atoms with E-state index in [-0.39, 0.29) is 12.1 Å². The van der Waals surface area contributed by atoms with Crippen molar-refractivity contribution in [3.05, 3.63) is 72.1 Å². The second-order valence-corrected chi connectivity index (χ2v) is 6.92. The summed E-state index contributed by atoms with van der Waals surface area (Å²) >= 11 is 0. The summed E-state index contributed by atoms with van der Waals surface area (Å²) in [7, 11) is 0. The van der Waals surface area contributed by atoms with Gasteiger partial charge in [-0.05, 0) is 24.1 Å². The molecule has 3 aromatic rings. The fraction of sp³-hybridized carbons (Fsp3) is 0.286. The van der Waals surface area contributed by atoms with Crippen molar-refractivity contribution in [1.29, 1.82) is 0 Å². The van der Waals surface area contributed by atoms with Crippen LogP contribution in [0.4, 0.5) is 4.79 Å². The number of nitrogens with one attached hydrogen (secondary N) is 2. The lowest BCUT2D eigenvalue weighted by atomic mass is 10.2. The molecular weight excluding hydrogens is 354 g/mol. The molecule has 7 heteroatoms. The van der Waals surface area contributed by atoms with E-state index in [0.29, 0.717) is 24.8 Å². The normalized spacial score (nSPS) is 16.8. The first-order valence-electron chi connectivity index (χ1n) is 9.45. The summed E-state index contributed by atoms with van der Waals surface area (Å²) in [6.45, 7) is 2.79. The van der Waals surface area contributed by atoms with Gasteiger partial charge in [-0.15, -0.1) is 0 Å². The van der Waals surface area contributed by atoms with Gasteiger partial charge in [-0.1, -0.05) is 53.7 Å². The molecule has 4 rings (SSSR count). The van der Waals surface area contributed by atoms with Crippen LogP contribution in [0.15, 0.2) is 65.2 Å². The monoisotopic (exact) mass is 377 g/mol. The van der Waals surface area contributed by atoms with E-state index in [9.17, 15) is 4.79 Å². The van der Waals surface area contributed by atoms with Gasteiger partial charge in [-0.25, -0.2) is 4.79 Å². The number of rotatable bonds is 6. The Labute approximate surface area is 163 Å². The van der Waals surface area contributed by atoms with Gasteiger partial charge in [0, 0.05) is 31.2 Å². The third-order valence-corrected chi connectivity index (χ3v) is 4.76. The molecule has 0 saturated carbocycles. The van der Waals surface area contributed by atoms with E-state index in [2.05, 4.69) is 25.7 Å². The predicted octanol–water partition coefficient (Wildman–Crippen LogP) is 2.81. The maximum absolute atomic E-state index is 12.1. The smallest absolute Gasteiger partial charge is 0.315 e. The number of aromatic nitrogens is 2. The molecule has 0 unspecified atom stereocenters. The van der Waals surface area contributed by atoms with Crippen molar-refractivity contribution < 1.29 is 9.32 Å². The Morgan fingerprint density at radius 1 is 1.11 bits per heavy atom. The molecule has 1 aliphatic rings. The maximum Gasteiger partial charge on any atom is 0.315 e. The molecule has 2 heterocycles. The number of benzene rings is 2. The van der Waals surface area contributed by atoms with Gasteiger partial charge in [0.05, 0.1) is 6.54 Å². The zero-order valence-corrected chi connectivity index (χ0v) is 15.5. The molecule has 28 heavy (non-hydrogen) atoms. The van der Waals surface area contributed by atoms with Crippen LogP contribution in [0.5, 0.6) is 0 Å². The van der Waals surface area contributed by atoms with Crippen LogP contribution in [0.1, 0.15) is 17.8 Å². The first kappa shape index (κ1) is 18.2. The molecule has 2 N–H and O–H groups in total. The molecule has 1 saturated heterocycles. The lowest BCUT2D eigenvalue weighted by Gasteiger charge is -2.15. The first-order valence-corrected chi connectivity index (χ1v) is 9.45. The second kappa shape index (κ2) is 8.67. The molecule has 1 aliphatic heterocycles. The molecule has 0 bridgehead atoms. The van der Waals surface area contributed by atoms with Crippen molar-refractivity contribution in [2.24, 2.45) is 0 Å². The number of hydrogen-bond donors (Lipinski definition) is 2. The Morgan fingerprint density at radius 2 is 1.86 bits per heavy atom. The molecule has 1 aromatic heterocycles. The largest absolute Gasteiger partial charge is 0.334 e. The van der Waals surface area contributed by atoms with Gasteiger partial charge in [0.15, 0.2) is 5.82 Å². The Morgan fingerprint density at radius 3 is 2.64 bits per heavy atom. The summed E-state index contributed by atoms with van der Waals surface area (Å²) in [5.74, 6) is 1.19. The minimum absolute atomic E-state index is 0.122. The summed E-state index contributed by atoms with van der Waals surface area (Å²) in [5, 5.41) is 10.0. The van der Waals surface area contributed by atoms with E-state index in [0.717, 1.165) is 30.6 Å². The lowest BCUT2D eigenvalue weighted by Crippen LogP contribution is -2.43. The molecule has 1 atom stereocenters. The van der Waals surface area contributed by atoms with Crippen LogP contribution in [0.25, 0.3) is 11.5 Å². The highest BCUT2D eigenvalue weighted by molar-refractivity contribution is 5.74. The van der Waals surface area contributed by atoms with Gasteiger partial charge >= 0.3 is 6.03 Å². The number of carbonyl (C=O) groups is 1. The van der Waals surface area contributed by atoms with Gasteiger partial charge in [0.25, 0.3) is 5.89 Å². The summed E-state index contributed by atoms with van der Waals surface area (Å²) in [6.07, 6.45) is 0.905. The minimum Gasteiger partial charge on any atom is -0.334 e. The minimum atomic E-state index is -0.137. The summed E-state index contributed by atoms with van der Waals surface area (Å²) in [6, 6.07) is 19.6. The molecular formula is C21H23N5O2. The van der Waals surface area contributed by atoms with E-state index in [1.807, 2.05) is 60.7 Å². The molecule has 144 valence electrons. The Kier molecular flexibility index (Phi) is 5.63. The second-order valence-electron chi connectivity index (χ2n) is 6.92. The third kappa shape index (κ3) is 4.75. The van der Waals surface area contributed by atoms with Gasteiger partial charge < -0.3 is 15.2 Å². The van der Waals surface area contributed by atoms with E-state index in [1.54, 1.807) is 0 Å². The van der Waals surface area contributed by atoms with Crippen LogP contribution in [0.2, 0.25) is 0 Å². The highest BCUT2D eigenvalue weighted by Crippen LogP contribution is 2.18. The quantitative estimate of drug-likeness (QED) is 0.690. The number of amides is 2. The molecule has 0 spiro atoms. The van der Waals surface area contributed by atoms with Crippen LogP contribution in [-0.4, -0.2) is 40.2 Å². The topological polar surface area (TPSA) is 83.3 Å². The summed E-state index contributed by atoms with van der Waals surface area (Å²) in [4.78, 5) is 18.8. The number of nitrogens with zero attached hydrogens (tertiary/aromatic N) is 3. The Balaban J connectivity index is 1.23. The number of hydrogen-bond acceptors (Lipinski definition) is 5. The Hall–Kier alpha value is -3.19. The molecule has 2 amide bonds. The average molecular weight is 377 g/mol. The van der Waals surface area contributed by atoms with Crippen molar-refractivity contribution in [1.82, 2.24) is 25.7 Å². The van der Waals surface area contributed by atoms with Crippen molar-refractivity contribution >= 4 is 6.03 Å². The number of urea groups is 1. The van der Waals surface area contributed by atoms with Crippen LogP contribution in [0, 0.1) is 0 Å². The van der Waals surface area contributed by atoms with E-state index >= 15 is 0 Å². The number of likely N-dealkylation sites (tertiary alicyclic amines) is 1. The fourth-order valence-electron chi connectivity index (χ4n) is 3.32. The maximum atomic E-state index is 12.1. The van der Waals surface area contributed by atoms with Crippen LogP contribution < -0.4 is 10.6 Å². The van der Waals surface area contributed by atoms with E-state index in [4.69, 9.17) is 4.52 Å². The van der Waals surface area contributed by atoms with Crippen LogP contribution >= 0.6 is 0 Å². The Bertz CT molecular complexity index is 897. The summed E-state index contributed by atoms with van der Waals surface area (Å²) in [5.41, 5.74) is 1.99. The predicted molar refractivity (Wildman–Crippen MR) is 105 cm³/mol. The standard InChI is InChI=1S/C21H23N5O2/c27-21(22-13-16-7-3-1-4-8-16)23-18-11-12-26(14-18)15-19-24-20(28-25-19)17-9-5-2-6-10-17/h1-10,18H,11-15H2,(H2,22,23,27)/t18-/m1/s1. The molecule has 0 aliphatic carbocycles. The van der Waals surface area contributed by atoms with Gasteiger partial charge in [0.2, 0.25) is 0 Å². The zero-order chi connectivity index (χ0) is 19.2. The van der Waals surface area contributed by atoms with Gasteiger partial charge in [-0.3, -0.25) is 4.90 Å².